The number of furan rings is 1. The van der Waals surface area contributed by atoms with E-state index in [1.54, 1.807) is 12.1 Å². The van der Waals surface area contributed by atoms with Gasteiger partial charge in [-0.15, -0.1) is 0 Å². The Morgan fingerprint density at radius 2 is 2.07 bits per heavy atom. The number of aromatic nitrogens is 1. The van der Waals surface area contributed by atoms with Crippen molar-refractivity contribution in [3.63, 3.8) is 0 Å². The molecule has 2 aromatic heterocycles. The predicted octanol–water partition coefficient (Wildman–Crippen LogP) is 0.160. The second kappa shape index (κ2) is 3.84. The van der Waals surface area contributed by atoms with Crippen LogP contribution >= 0.6 is 0 Å². The van der Waals surface area contributed by atoms with Gasteiger partial charge < -0.3 is 14.5 Å². The van der Waals surface area contributed by atoms with Crippen molar-refractivity contribution in [1.29, 1.82) is 0 Å². The van der Waals surface area contributed by atoms with Crippen LogP contribution < -0.4 is 5.46 Å². The van der Waals surface area contributed by atoms with Crippen LogP contribution in [0, 0.1) is 5.95 Å². The molecule has 0 unspecified atom stereocenters. The first-order valence-corrected chi connectivity index (χ1v) is 4.25. The Hall–Kier alpha value is -1.66. The molecule has 6 heteroatoms. The molecule has 0 aliphatic carbocycles. The van der Waals surface area contributed by atoms with Gasteiger partial charge in [0.25, 0.3) is 0 Å². The quantitative estimate of drug-likeness (QED) is 0.543. The number of hydrogen-bond acceptors (Lipinski definition) is 4. The second-order valence-electron chi connectivity index (χ2n) is 2.93. The Kier molecular flexibility index (Phi) is 2.53. The first-order chi connectivity index (χ1) is 7.18. The van der Waals surface area contributed by atoms with Crippen LogP contribution in [-0.4, -0.2) is 22.2 Å². The molecular weight excluding hydrogens is 200 g/mol. The zero-order valence-electron chi connectivity index (χ0n) is 7.59. The minimum Gasteiger partial charge on any atom is -0.463 e. The maximum Gasteiger partial charge on any atom is 0.493 e. The van der Waals surface area contributed by atoms with E-state index in [1.807, 2.05) is 0 Å². The molecule has 0 spiro atoms. The van der Waals surface area contributed by atoms with E-state index in [2.05, 4.69) is 4.98 Å². The number of hydrogen-bond donors (Lipinski definition) is 2. The standard InChI is InChI=1S/C9H7BFNO3/c11-9-6(10(13)14)3-4-7(12-9)8-2-1-5-15-8/h1-5,13-14H. The molecule has 0 saturated heterocycles. The van der Waals surface area contributed by atoms with Crippen molar-refractivity contribution < 1.29 is 18.9 Å². The van der Waals surface area contributed by atoms with Crippen molar-refractivity contribution in [3.8, 4) is 11.5 Å². The van der Waals surface area contributed by atoms with Crippen LogP contribution in [0.5, 0.6) is 0 Å². The highest BCUT2D eigenvalue weighted by Crippen LogP contribution is 2.16. The normalized spacial score (nSPS) is 10.3. The molecule has 15 heavy (non-hydrogen) atoms. The van der Waals surface area contributed by atoms with Gasteiger partial charge in [0.15, 0.2) is 5.76 Å². The summed E-state index contributed by atoms with van der Waals surface area (Å²) in [5.41, 5.74) is 0.0483. The molecule has 0 aliphatic rings. The monoisotopic (exact) mass is 207 g/mol. The fraction of sp³-hybridized carbons (Fsp3) is 0. The van der Waals surface area contributed by atoms with Crippen LogP contribution in [0.2, 0.25) is 0 Å². The molecule has 0 aliphatic heterocycles. The molecule has 0 aromatic carbocycles. The molecule has 76 valence electrons. The van der Waals surface area contributed by atoms with Gasteiger partial charge in [0.05, 0.1) is 6.26 Å². The van der Waals surface area contributed by atoms with Gasteiger partial charge in [0.1, 0.15) is 5.69 Å². The molecule has 0 bridgehead atoms. The average molecular weight is 207 g/mol. The summed E-state index contributed by atoms with van der Waals surface area (Å²) in [4.78, 5) is 3.56. The fourth-order valence-electron chi connectivity index (χ4n) is 1.20. The summed E-state index contributed by atoms with van der Waals surface area (Å²) in [6, 6.07) is 6.00. The molecule has 0 atom stereocenters. The summed E-state index contributed by atoms with van der Waals surface area (Å²) in [5, 5.41) is 17.6. The molecule has 2 N–H and O–H groups in total. The van der Waals surface area contributed by atoms with Crippen LogP contribution in [0.25, 0.3) is 11.5 Å². The summed E-state index contributed by atoms with van der Waals surface area (Å²) in [5.74, 6) is -0.494. The minimum atomic E-state index is -1.86. The first-order valence-electron chi connectivity index (χ1n) is 4.25. The molecule has 4 nitrogen and oxygen atoms in total. The van der Waals surface area contributed by atoms with E-state index in [4.69, 9.17) is 14.5 Å². The third-order valence-corrected chi connectivity index (χ3v) is 1.93. The lowest BCUT2D eigenvalue weighted by Gasteiger charge is -2.02. The van der Waals surface area contributed by atoms with Gasteiger partial charge in [-0.25, -0.2) is 4.98 Å². The van der Waals surface area contributed by atoms with Crippen LogP contribution in [-0.2, 0) is 0 Å². The van der Waals surface area contributed by atoms with Crippen molar-refractivity contribution in [3.05, 3.63) is 36.5 Å². The third-order valence-electron chi connectivity index (χ3n) is 1.93. The van der Waals surface area contributed by atoms with Gasteiger partial charge in [-0.2, -0.15) is 4.39 Å². The molecular formula is C9H7BFNO3. The van der Waals surface area contributed by atoms with E-state index in [9.17, 15) is 4.39 Å². The smallest absolute Gasteiger partial charge is 0.463 e. The maximum atomic E-state index is 13.2. The lowest BCUT2D eigenvalue weighted by atomic mass is 9.81. The van der Waals surface area contributed by atoms with E-state index in [-0.39, 0.29) is 5.46 Å². The molecule has 0 fully saturated rings. The Balaban J connectivity index is 2.42. The van der Waals surface area contributed by atoms with Crippen LogP contribution in [0.3, 0.4) is 0 Å². The minimum absolute atomic E-state index is 0.259. The fourth-order valence-corrected chi connectivity index (χ4v) is 1.20. The van der Waals surface area contributed by atoms with Gasteiger partial charge in [0.2, 0.25) is 5.95 Å². The summed E-state index contributed by atoms with van der Waals surface area (Å²) in [7, 11) is -1.86. The van der Waals surface area contributed by atoms with Crippen LogP contribution in [0.1, 0.15) is 0 Å². The van der Waals surface area contributed by atoms with E-state index in [1.165, 1.54) is 18.4 Å². The number of nitrogens with zero attached hydrogens (tertiary/aromatic N) is 1. The van der Waals surface area contributed by atoms with E-state index < -0.39 is 13.1 Å². The van der Waals surface area contributed by atoms with Crippen LogP contribution in [0.4, 0.5) is 4.39 Å². The Labute approximate surface area is 85.1 Å². The predicted molar refractivity (Wildman–Crippen MR) is 51.7 cm³/mol. The Morgan fingerprint density at radius 3 is 2.60 bits per heavy atom. The topological polar surface area (TPSA) is 66.5 Å². The summed E-state index contributed by atoms with van der Waals surface area (Å²) < 4.78 is 18.2. The van der Waals surface area contributed by atoms with Crippen LogP contribution in [0.15, 0.2) is 34.9 Å². The van der Waals surface area contributed by atoms with E-state index in [0.717, 1.165) is 0 Å². The molecule has 0 amide bonds. The third kappa shape index (κ3) is 1.90. The highest BCUT2D eigenvalue weighted by atomic mass is 19.1. The lowest BCUT2D eigenvalue weighted by Crippen LogP contribution is -2.33. The largest absolute Gasteiger partial charge is 0.493 e. The van der Waals surface area contributed by atoms with Crippen molar-refractivity contribution in [2.24, 2.45) is 0 Å². The van der Waals surface area contributed by atoms with Crippen molar-refractivity contribution in [1.82, 2.24) is 4.98 Å². The van der Waals surface area contributed by atoms with Gasteiger partial charge in [0, 0.05) is 5.46 Å². The first kappa shape index (κ1) is 9.88. The highest BCUT2D eigenvalue weighted by molar-refractivity contribution is 6.58. The second-order valence-corrected chi connectivity index (χ2v) is 2.93. The number of rotatable bonds is 2. The summed E-state index contributed by atoms with van der Waals surface area (Å²) in [6.07, 6.45) is 1.45. The Bertz CT molecular complexity index is 458. The van der Waals surface area contributed by atoms with E-state index in [0.29, 0.717) is 11.5 Å². The van der Waals surface area contributed by atoms with Gasteiger partial charge in [-0.1, -0.05) is 6.07 Å². The summed E-state index contributed by atoms with van der Waals surface area (Å²) in [6.45, 7) is 0. The zero-order valence-corrected chi connectivity index (χ0v) is 7.59. The van der Waals surface area contributed by atoms with Crippen molar-refractivity contribution >= 4 is 12.6 Å². The summed E-state index contributed by atoms with van der Waals surface area (Å²) >= 11 is 0. The molecule has 0 saturated carbocycles. The maximum absolute atomic E-state index is 13.2. The van der Waals surface area contributed by atoms with Gasteiger partial charge in [-0.05, 0) is 18.2 Å². The molecule has 2 heterocycles. The van der Waals surface area contributed by atoms with E-state index >= 15 is 0 Å². The van der Waals surface area contributed by atoms with Crippen molar-refractivity contribution in [2.75, 3.05) is 0 Å². The Morgan fingerprint density at radius 1 is 1.27 bits per heavy atom. The van der Waals surface area contributed by atoms with Gasteiger partial charge in [-0.3, -0.25) is 0 Å². The lowest BCUT2D eigenvalue weighted by molar-refractivity contribution is 0.422. The highest BCUT2D eigenvalue weighted by Gasteiger charge is 2.18. The average Bonchev–Trinajstić information content (AvgIpc) is 2.69. The van der Waals surface area contributed by atoms with Gasteiger partial charge >= 0.3 is 7.12 Å². The SMILES string of the molecule is OB(O)c1ccc(-c2ccco2)nc1F. The molecule has 2 aromatic rings. The number of pyridine rings is 1. The number of halogens is 1. The molecule has 2 rings (SSSR count). The van der Waals surface area contributed by atoms with Crippen molar-refractivity contribution in [2.45, 2.75) is 0 Å². The molecule has 0 radical (unpaired) electrons. The zero-order chi connectivity index (χ0) is 10.8.